The molecule has 0 radical (unpaired) electrons. The van der Waals surface area contributed by atoms with Crippen LogP contribution in [-0.4, -0.2) is 54.3 Å². The van der Waals surface area contributed by atoms with Crippen molar-refractivity contribution in [3.8, 4) is 0 Å². The van der Waals surface area contributed by atoms with Gasteiger partial charge in [0.1, 0.15) is 5.69 Å². The topological polar surface area (TPSA) is 131 Å². The fraction of sp³-hybridized carbons (Fsp3) is 0.417. The normalized spacial score (nSPS) is 11.8. The fourth-order valence-corrected chi connectivity index (χ4v) is 1.87. The quantitative estimate of drug-likeness (QED) is 0.365. The molecule has 21 heavy (non-hydrogen) atoms. The number of nitrogens with one attached hydrogen (secondary N) is 1. The second-order valence-electron chi connectivity index (χ2n) is 4.40. The molecule has 1 unspecified atom stereocenters. The Hall–Kier alpha value is -2.23. The Labute approximate surface area is 121 Å². The summed E-state index contributed by atoms with van der Waals surface area (Å²) < 4.78 is 4.78. The number of aliphatic hydroxyl groups excluding tert-OH is 1. The average molecular weight is 298 g/mol. The van der Waals surface area contributed by atoms with Crippen molar-refractivity contribution in [1.82, 2.24) is 4.90 Å². The molecule has 0 fully saturated rings. The minimum Gasteiger partial charge on any atom is -0.389 e. The third kappa shape index (κ3) is 4.12. The number of carbonyl (C=O) groups excluding carboxylic acids is 1. The van der Waals surface area contributed by atoms with Gasteiger partial charge < -0.3 is 20.2 Å². The zero-order valence-electron chi connectivity index (χ0n) is 11.8. The van der Waals surface area contributed by atoms with Crippen LogP contribution >= 0.6 is 0 Å². The van der Waals surface area contributed by atoms with Crippen LogP contribution in [-0.2, 0) is 4.74 Å². The van der Waals surface area contributed by atoms with Gasteiger partial charge in [0, 0.05) is 26.8 Å². The maximum atomic E-state index is 12.3. The molecule has 0 saturated carbocycles. The SMILES string of the molecule is COCC(O)CN(C)C(=O)c1cccc([N+](=O)[O-])c1NN. The number of ether oxygens (including phenoxy) is 1. The van der Waals surface area contributed by atoms with Gasteiger partial charge in [0.25, 0.3) is 11.6 Å². The number of likely N-dealkylation sites (N-methyl/N-ethyl adjacent to an activating group) is 1. The second-order valence-corrected chi connectivity index (χ2v) is 4.40. The molecule has 0 bridgehead atoms. The van der Waals surface area contributed by atoms with Crippen LogP contribution in [0.1, 0.15) is 10.4 Å². The summed E-state index contributed by atoms with van der Waals surface area (Å²) in [6, 6.07) is 4.06. The van der Waals surface area contributed by atoms with Gasteiger partial charge >= 0.3 is 0 Å². The van der Waals surface area contributed by atoms with Crippen LogP contribution in [0.4, 0.5) is 11.4 Å². The van der Waals surface area contributed by atoms with E-state index in [0.29, 0.717) is 0 Å². The highest BCUT2D eigenvalue weighted by Crippen LogP contribution is 2.28. The standard InChI is InChI=1S/C12H18N4O5/c1-15(6-8(17)7-21-2)12(18)9-4-3-5-10(16(19)20)11(9)14-13/h3-5,8,14,17H,6-7,13H2,1-2H3. The number of hydrogen-bond donors (Lipinski definition) is 3. The van der Waals surface area contributed by atoms with Gasteiger partial charge in [-0.05, 0) is 6.07 Å². The predicted molar refractivity (Wildman–Crippen MR) is 75.7 cm³/mol. The largest absolute Gasteiger partial charge is 0.389 e. The number of para-hydroxylation sites is 1. The maximum Gasteiger partial charge on any atom is 0.294 e. The van der Waals surface area contributed by atoms with Crippen LogP contribution in [0.2, 0.25) is 0 Å². The lowest BCUT2D eigenvalue weighted by Crippen LogP contribution is -2.36. The second kappa shape index (κ2) is 7.53. The maximum absolute atomic E-state index is 12.3. The van der Waals surface area contributed by atoms with E-state index in [-0.39, 0.29) is 30.1 Å². The lowest BCUT2D eigenvalue weighted by Gasteiger charge is -2.21. The number of hydrogen-bond acceptors (Lipinski definition) is 7. The number of hydrazine groups is 1. The summed E-state index contributed by atoms with van der Waals surface area (Å²) >= 11 is 0. The molecule has 0 spiro atoms. The lowest BCUT2D eigenvalue weighted by molar-refractivity contribution is -0.384. The molecular formula is C12H18N4O5. The number of methoxy groups -OCH3 is 1. The van der Waals surface area contributed by atoms with E-state index in [1.165, 1.54) is 37.3 Å². The van der Waals surface area contributed by atoms with Gasteiger partial charge in [0.15, 0.2) is 0 Å². The summed E-state index contributed by atoms with van der Waals surface area (Å²) in [5.74, 6) is 4.78. The zero-order valence-corrected chi connectivity index (χ0v) is 11.8. The molecule has 0 aliphatic heterocycles. The van der Waals surface area contributed by atoms with Gasteiger partial charge in [-0.1, -0.05) is 6.07 Å². The van der Waals surface area contributed by atoms with Crippen molar-refractivity contribution in [2.24, 2.45) is 5.84 Å². The molecule has 1 aromatic rings. The van der Waals surface area contributed by atoms with Crippen LogP contribution in [0, 0.1) is 10.1 Å². The van der Waals surface area contributed by atoms with Gasteiger partial charge in [0.2, 0.25) is 0 Å². The molecule has 1 atom stereocenters. The first-order valence-electron chi connectivity index (χ1n) is 6.08. The number of amides is 1. The summed E-state index contributed by atoms with van der Waals surface area (Å²) in [5, 5.41) is 20.5. The molecule has 1 rings (SSSR count). The number of nitrogens with two attached hydrogens (primary N) is 1. The van der Waals surface area contributed by atoms with Gasteiger partial charge in [-0.15, -0.1) is 0 Å². The Balaban J connectivity index is 3.01. The third-order valence-electron chi connectivity index (χ3n) is 2.80. The average Bonchev–Trinajstić information content (AvgIpc) is 2.45. The monoisotopic (exact) mass is 298 g/mol. The highest BCUT2D eigenvalue weighted by atomic mass is 16.6. The highest BCUT2D eigenvalue weighted by molar-refractivity contribution is 6.01. The molecular weight excluding hydrogens is 280 g/mol. The molecule has 1 amide bonds. The van der Waals surface area contributed by atoms with Crippen LogP contribution in [0.25, 0.3) is 0 Å². The molecule has 0 aliphatic carbocycles. The van der Waals surface area contributed by atoms with Crippen molar-refractivity contribution in [3.05, 3.63) is 33.9 Å². The molecule has 4 N–H and O–H groups in total. The molecule has 9 heteroatoms. The first-order valence-corrected chi connectivity index (χ1v) is 6.08. The Morgan fingerprint density at radius 3 is 2.81 bits per heavy atom. The third-order valence-corrected chi connectivity index (χ3v) is 2.80. The molecule has 0 aliphatic rings. The summed E-state index contributed by atoms with van der Waals surface area (Å²) in [5.41, 5.74) is 1.87. The Bertz CT molecular complexity index is 522. The van der Waals surface area contributed by atoms with Crippen molar-refractivity contribution in [3.63, 3.8) is 0 Å². The Morgan fingerprint density at radius 2 is 2.29 bits per heavy atom. The zero-order chi connectivity index (χ0) is 16.0. The summed E-state index contributed by atoms with van der Waals surface area (Å²) in [7, 11) is 2.91. The number of nitrogen functional groups attached to an aromatic ring is 1. The number of nitro groups is 1. The van der Waals surface area contributed by atoms with E-state index in [1.54, 1.807) is 0 Å². The van der Waals surface area contributed by atoms with Gasteiger partial charge in [-0.2, -0.15) is 0 Å². The van der Waals surface area contributed by atoms with E-state index in [0.717, 1.165) is 0 Å². The molecule has 9 nitrogen and oxygen atoms in total. The Morgan fingerprint density at radius 1 is 1.62 bits per heavy atom. The molecule has 116 valence electrons. The van der Waals surface area contributed by atoms with Crippen LogP contribution < -0.4 is 11.3 Å². The van der Waals surface area contributed by atoms with Crippen molar-refractivity contribution >= 4 is 17.3 Å². The van der Waals surface area contributed by atoms with E-state index >= 15 is 0 Å². The number of nitro benzene ring substituents is 1. The van der Waals surface area contributed by atoms with Gasteiger partial charge in [0.05, 0.1) is 23.2 Å². The first kappa shape index (κ1) is 16.8. The lowest BCUT2D eigenvalue weighted by atomic mass is 10.1. The van der Waals surface area contributed by atoms with Crippen LogP contribution in [0.3, 0.4) is 0 Å². The summed E-state index contributed by atoms with van der Waals surface area (Å²) in [6.45, 7) is 0.105. The molecule has 0 aromatic heterocycles. The van der Waals surface area contributed by atoms with Crippen molar-refractivity contribution < 1.29 is 19.6 Å². The fourth-order valence-electron chi connectivity index (χ4n) is 1.87. The molecule has 0 saturated heterocycles. The van der Waals surface area contributed by atoms with Crippen molar-refractivity contribution in [2.45, 2.75) is 6.10 Å². The van der Waals surface area contributed by atoms with Crippen LogP contribution in [0.5, 0.6) is 0 Å². The van der Waals surface area contributed by atoms with Gasteiger partial charge in [-0.25, -0.2) is 0 Å². The van der Waals surface area contributed by atoms with E-state index in [9.17, 15) is 20.0 Å². The van der Waals surface area contributed by atoms with Crippen molar-refractivity contribution in [1.29, 1.82) is 0 Å². The molecule has 1 aromatic carbocycles. The van der Waals surface area contributed by atoms with E-state index in [1.807, 2.05) is 0 Å². The smallest absolute Gasteiger partial charge is 0.294 e. The highest BCUT2D eigenvalue weighted by Gasteiger charge is 2.24. The summed E-state index contributed by atoms with van der Waals surface area (Å²) in [4.78, 5) is 23.8. The minimum atomic E-state index is -0.850. The van der Waals surface area contributed by atoms with Crippen molar-refractivity contribution in [2.75, 3.05) is 32.7 Å². The number of aliphatic hydroxyl groups is 1. The minimum absolute atomic E-state index is 0.0272. The molecule has 0 heterocycles. The van der Waals surface area contributed by atoms with E-state index in [4.69, 9.17) is 10.6 Å². The number of rotatable bonds is 7. The van der Waals surface area contributed by atoms with E-state index in [2.05, 4.69) is 5.43 Å². The van der Waals surface area contributed by atoms with Crippen LogP contribution in [0.15, 0.2) is 18.2 Å². The number of carbonyl (C=O) groups is 1. The number of benzene rings is 1. The number of anilines is 1. The summed E-state index contributed by atoms with van der Waals surface area (Å²) in [6.07, 6.45) is -0.850. The first-order chi connectivity index (χ1) is 9.92. The number of nitrogens with zero attached hydrogens (tertiary/aromatic N) is 2. The van der Waals surface area contributed by atoms with E-state index < -0.39 is 16.9 Å². The predicted octanol–water partition coefficient (Wildman–Crippen LogP) is -0.0403. The van der Waals surface area contributed by atoms with Gasteiger partial charge in [-0.3, -0.25) is 20.8 Å². The Kier molecular flexibility index (Phi) is 6.03.